The highest BCUT2D eigenvalue weighted by Gasteiger charge is 2.33. The number of nitrogens with zero attached hydrogens (tertiary/aromatic N) is 1. The summed E-state index contributed by atoms with van der Waals surface area (Å²) >= 11 is 1.34. The number of thiophene rings is 1. The van der Waals surface area contributed by atoms with Crippen molar-refractivity contribution in [1.29, 1.82) is 0 Å². The van der Waals surface area contributed by atoms with Crippen LogP contribution in [0.1, 0.15) is 61.0 Å². The molecule has 1 aliphatic rings. The monoisotopic (exact) mass is 468 g/mol. The van der Waals surface area contributed by atoms with Crippen LogP contribution in [-0.2, 0) is 35.1 Å². The van der Waals surface area contributed by atoms with E-state index in [1.54, 1.807) is 6.07 Å². The third-order valence-electron chi connectivity index (χ3n) is 4.94. The molecule has 9 nitrogen and oxygen atoms in total. The minimum Gasteiger partial charge on any atom is -0.469 e. The molecule has 0 spiro atoms. The third kappa shape index (κ3) is 7.59. The smallest absolute Gasteiger partial charge is 0.348 e. The number of nitrogens with one attached hydrogen (secondary N) is 1. The van der Waals surface area contributed by atoms with E-state index < -0.39 is 29.6 Å². The van der Waals surface area contributed by atoms with Crippen molar-refractivity contribution in [2.24, 2.45) is 0 Å². The van der Waals surface area contributed by atoms with Gasteiger partial charge < -0.3 is 19.5 Å². The molecule has 0 unspecified atom stereocenters. The molecular weight excluding hydrogens is 436 g/mol. The Morgan fingerprint density at radius 3 is 2.50 bits per heavy atom. The first-order valence-electron chi connectivity index (χ1n) is 10.5. The summed E-state index contributed by atoms with van der Waals surface area (Å²) in [5.74, 6) is -2.03. The Labute approximate surface area is 192 Å². The maximum atomic E-state index is 13.0. The van der Waals surface area contributed by atoms with Crippen molar-refractivity contribution in [3.63, 3.8) is 0 Å². The van der Waals surface area contributed by atoms with Crippen molar-refractivity contribution in [3.8, 4) is 0 Å². The summed E-state index contributed by atoms with van der Waals surface area (Å²) in [5, 5.41) is 2.64. The molecule has 1 N–H and O–H groups in total. The van der Waals surface area contributed by atoms with Crippen LogP contribution in [0.5, 0.6) is 0 Å². The summed E-state index contributed by atoms with van der Waals surface area (Å²) in [4.78, 5) is 52.4. The van der Waals surface area contributed by atoms with Gasteiger partial charge in [0.2, 0.25) is 5.91 Å². The maximum absolute atomic E-state index is 13.0. The maximum Gasteiger partial charge on any atom is 0.348 e. The van der Waals surface area contributed by atoms with Gasteiger partial charge in [-0.25, -0.2) is 9.59 Å². The topological polar surface area (TPSA) is 111 Å². The van der Waals surface area contributed by atoms with E-state index in [1.165, 1.54) is 25.6 Å². The minimum absolute atomic E-state index is 0.300. The number of amides is 1. The molecule has 2 heterocycles. The number of methoxy groups -OCH3 is 2. The van der Waals surface area contributed by atoms with Crippen LogP contribution in [0.3, 0.4) is 0 Å². The Morgan fingerprint density at radius 2 is 1.88 bits per heavy atom. The van der Waals surface area contributed by atoms with Gasteiger partial charge in [0.25, 0.3) is 0 Å². The quantitative estimate of drug-likeness (QED) is 0.457. The number of hydrogen-bond donors (Lipinski definition) is 1. The van der Waals surface area contributed by atoms with Crippen LogP contribution in [0.4, 0.5) is 0 Å². The van der Waals surface area contributed by atoms with Gasteiger partial charge in [0.05, 0.1) is 26.7 Å². The Hall–Kier alpha value is -2.46. The number of piperidine rings is 1. The molecule has 1 saturated heterocycles. The van der Waals surface area contributed by atoms with Gasteiger partial charge in [-0.2, -0.15) is 0 Å². The summed E-state index contributed by atoms with van der Waals surface area (Å²) in [6.07, 6.45) is 2.15. The van der Waals surface area contributed by atoms with Crippen LogP contribution >= 0.6 is 11.3 Å². The summed E-state index contributed by atoms with van der Waals surface area (Å²) < 4.78 is 14.7. The third-order valence-corrected chi connectivity index (χ3v) is 5.99. The lowest BCUT2D eigenvalue weighted by Gasteiger charge is -2.35. The van der Waals surface area contributed by atoms with Crippen LogP contribution in [-0.4, -0.2) is 67.2 Å². The minimum atomic E-state index is -1.11. The zero-order valence-electron chi connectivity index (χ0n) is 19.3. The molecule has 2 atom stereocenters. The molecule has 0 saturated carbocycles. The van der Waals surface area contributed by atoms with Gasteiger partial charge in [-0.05, 0) is 52.3 Å². The van der Waals surface area contributed by atoms with Crippen LogP contribution in [0, 0.1) is 0 Å². The number of esters is 3. The predicted molar refractivity (Wildman–Crippen MR) is 118 cm³/mol. The first-order valence-corrected chi connectivity index (χ1v) is 11.4. The molecule has 1 fully saturated rings. The molecule has 0 aromatic carbocycles. The number of carbonyl (C=O) groups is 4. The Morgan fingerprint density at radius 1 is 1.16 bits per heavy atom. The van der Waals surface area contributed by atoms with Crippen LogP contribution in [0.15, 0.2) is 12.1 Å². The average Bonchev–Trinajstić information content (AvgIpc) is 3.20. The molecule has 32 heavy (non-hydrogen) atoms. The standard InChI is InChI=1S/C22H32N2O7S/c1-22(2,3)31-21(28)17-10-9-14(32-17)13-24-11-7-6-8-16(24)19(26)23-15(20(27)30-5)12-18(25)29-4/h9-10,15-16H,6-8,11-13H2,1-5H3,(H,23,26)/t15-,16-/m0/s1. The largest absolute Gasteiger partial charge is 0.469 e. The fourth-order valence-electron chi connectivity index (χ4n) is 3.43. The Kier molecular flexibility index (Phi) is 9.21. The summed E-state index contributed by atoms with van der Waals surface area (Å²) in [5.41, 5.74) is -0.572. The van der Waals surface area contributed by atoms with Gasteiger partial charge in [0.15, 0.2) is 0 Å². The second kappa shape index (κ2) is 11.4. The second-order valence-corrected chi connectivity index (χ2v) is 9.78. The highest BCUT2D eigenvalue weighted by Crippen LogP contribution is 2.25. The SMILES string of the molecule is COC(=O)C[C@H](NC(=O)[C@@H]1CCCCN1Cc1ccc(C(=O)OC(C)(C)C)s1)C(=O)OC. The van der Waals surface area contributed by atoms with Crippen molar-refractivity contribution >= 4 is 35.2 Å². The summed E-state index contributed by atoms with van der Waals surface area (Å²) in [6, 6.07) is 2.03. The average molecular weight is 469 g/mol. The van der Waals surface area contributed by atoms with E-state index in [1.807, 2.05) is 31.7 Å². The Balaban J connectivity index is 2.07. The second-order valence-electron chi connectivity index (χ2n) is 8.61. The van der Waals surface area contributed by atoms with Crippen molar-refractivity contribution < 1.29 is 33.4 Å². The van der Waals surface area contributed by atoms with Gasteiger partial charge in [-0.3, -0.25) is 14.5 Å². The molecule has 1 aromatic rings. The van der Waals surface area contributed by atoms with E-state index in [4.69, 9.17) is 9.47 Å². The van der Waals surface area contributed by atoms with Crippen LogP contribution < -0.4 is 5.32 Å². The fourth-order valence-corrected chi connectivity index (χ4v) is 4.34. The van der Waals surface area contributed by atoms with E-state index in [0.29, 0.717) is 24.4 Å². The number of rotatable bonds is 8. The lowest BCUT2D eigenvalue weighted by Crippen LogP contribution is -2.53. The lowest BCUT2D eigenvalue weighted by molar-refractivity contribution is -0.151. The molecule has 178 valence electrons. The normalized spacial score (nSPS) is 17.8. The van der Waals surface area contributed by atoms with Gasteiger partial charge in [-0.15, -0.1) is 11.3 Å². The van der Waals surface area contributed by atoms with E-state index in [-0.39, 0.29) is 18.3 Å². The van der Waals surface area contributed by atoms with E-state index >= 15 is 0 Å². The van der Waals surface area contributed by atoms with Crippen molar-refractivity contribution in [1.82, 2.24) is 10.2 Å². The molecule has 0 bridgehead atoms. The number of ether oxygens (including phenoxy) is 3. The lowest BCUT2D eigenvalue weighted by atomic mass is 10.0. The van der Waals surface area contributed by atoms with E-state index in [9.17, 15) is 19.2 Å². The number of carbonyl (C=O) groups excluding carboxylic acids is 4. The fraction of sp³-hybridized carbons (Fsp3) is 0.636. The molecule has 1 amide bonds. The molecule has 0 radical (unpaired) electrons. The molecule has 10 heteroatoms. The van der Waals surface area contributed by atoms with Gasteiger partial charge in [0, 0.05) is 11.4 Å². The zero-order valence-corrected chi connectivity index (χ0v) is 20.1. The highest BCUT2D eigenvalue weighted by molar-refractivity contribution is 7.13. The first-order chi connectivity index (χ1) is 15.0. The van der Waals surface area contributed by atoms with Gasteiger partial charge in [-0.1, -0.05) is 6.42 Å². The van der Waals surface area contributed by atoms with Gasteiger partial charge in [0.1, 0.15) is 16.5 Å². The van der Waals surface area contributed by atoms with E-state index in [2.05, 4.69) is 10.1 Å². The van der Waals surface area contributed by atoms with Crippen LogP contribution in [0.2, 0.25) is 0 Å². The number of hydrogen-bond acceptors (Lipinski definition) is 9. The molecule has 1 aliphatic heterocycles. The molecule has 0 aliphatic carbocycles. The predicted octanol–water partition coefficient (Wildman–Crippen LogP) is 2.28. The van der Waals surface area contributed by atoms with Gasteiger partial charge >= 0.3 is 17.9 Å². The summed E-state index contributed by atoms with van der Waals surface area (Å²) in [7, 11) is 2.42. The van der Waals surface area contributed by atoms with Crippen molar-refractivity contribution in [3.05, 3.63) is 21.9 Å². The van der Waals surface area contributed by atoms with Crippen molar-refractivity contribution in [2.75, 3.05) is 20.8 Å². The van der Waals surface area contributed by atoms with E-state index in [0.717, 1.165) is 17.7 Å². The Bertz CT molecular complexity index is 830. The number of likely N-dealkylation sites (tertiary alicyclic amines) is 1. The molecular formula is C22H32N2O7S. The van der Waals surface area contributed by atoms with Crippen molar-refractivity contribution in [2.45, 2.75) is 70.7 Å². The van der Waals surface area contributed by atoms with Crippen LogP contribution in [0.25, 0.3) is 0 Å². The zero-order chi connectivity index (χ0) is 23.9. The molecule has 1 aromatic heterocycles. The molecule has 2 rings (SSSR count). The highest BCUT2D eigenvalue weighted by atomic mass is 32.1. The first kappa shape index (κ1) is 25.8. The summed E-state index contributed by atoms with van der Waals surface area (Å²) in [6.45, 7) is 6.65.